The van der Waals surface area contributed by atoms with Gasteiger partial charge >= 0.3 is 6.03 Å². The van der Waals surface area contributed by atoms with Gasteiger partial charge in [0.2, 0.25) is 0 Å². The Hall–Kier alpha value is -3.48. The number of carbonyl (C=O) groups is 2. The third-order valence-corrected chi connectivity index (χ3v) is 4.82. The first-order valence-corrected chi connectivity index (χ1v) is 8.84. The molecule has 0 aliphatic carbocycles. The van der Waals surface area contributed by atoms with Crippen LogP contribution in [0.4, 0.5) is 10.5 Å². The molecule has 7 nitrogen and oxygen atoms in total. The van der Waals surface area contributed by atoms with Gasteiger partial charge in [-0.3, -0.25) is 4.79 Å². The molecule has 2 aromatic carbocycles. The van der Waals surface area contributed by atoms with Gasteiger partial charge in [-0.1, -0.05) is 12.1 Å². The highest BCUT2D eigenvalue weighted by molar-refractivity contribution is 6.06. The predicted octanol–water partition coefficient (Wildman–Crippen LogP) is 3.28. The lowest BCUT2D eigenvalue weighted by Crippen LogP contribution is -2.45. The number of benzene rings is 2. The summed E-state index contributed by atoms with van der Waals surface area (Å²) in [6.07, 6.45) is 0. The van der Waals surface area contributed by atoms with Crippen LogP contribution in [0.25, 0.3) is 0 Å². The van der Waals surface area contributed by atoms with Gasteiger partial charge in [0.25, 0.3) is 5.91 Å². The van der Waals surface area contributed by atoms with E-state index in [0.717, 1.165) is 11.1 Å². The molecule has 146 valence electrons. The van der Waals surface area contributed by atoms with Gasteiger partial charge in [-0.25, -0.2) is 4.79 Å². The van der Waals surface area contributed by atoms with Crippen LogP contribution in [-0.2, 0) is 4.79 Å². The zero-order valence-electron chi connectivity index (χ0n) is 16.2. The summed E-state index contributed by atoms with van der Waals surface area (Å²) in [6.45, 7) is 5.66. The molecule has 1 aliphatic rings. The molecule has 7 heteroatoms. The third kappa shape index (κ3) is 3.78. The summed E-state index contributed by atoms with van der Waals surface area (Å²) in [6, 6.07) is 9.30. The van der Waals surface area contributed by atoms with Gasteiger partial charge in [-0.2, -0.15) is 0 Å². The van der Waals surface area contributed by atoms with Crippen LogP contribution in [0.5, 0.6) is 11.5 Å². The number of hydrogen-bond donors (Lipinski definition) is 4. The van der Waals surface area contributed by atoms with Crippen LogP contribution < -0.4 is 20.7 Å². The average Bonchev–Trinajstić information content (AvgIpc) is 2.64. The quantitative estimate of drug-likeness (QED) is 0.653. The minimum absolute atomic E-state index is 0.0201. The van der Waals surface area contributed by atoms with E-state index in [9.17, 15) is 14.7 Å². The molecule has 2 aromatic rings. The predicted molar refractivity (Wildman–Crippen MR) is 106 cm³/mol. The van der Waals surface area contributed by atoms with E-state index in [1.807, 2.05) is 32.0 Å². The van der Waals surface area contributed by atoms with Crippen LogP contribution in [-0.4, -0.2) is 24.2 Å². The summed E-state index contributed by atoms with van der Waals surface area (Å²) in [5, 5.41) is 18.1. The highest BCUT2D eigenvalue weighted by Gasteiger charge is 2.31. The summed E-state index contributed by atoms with van der Waals surface area (Å²) in [5.74, 6) is -0.0875. The van der Waals surface area contributed by atoms with Crippen LogP contribution in [0.15, 0.2) is 47.7 Å². The molecular weight excluding hydrogens is 358 g/mol. The molecule has 0 saturated carbocycles. The van der Waals surface area contributed by atoms with E-state index in [1.165, 1.54) is 13.2 Å². The minimum atomic E-state index is -0.685. The van der Waals surface area contributed by atoms with Crippen LogP contribution in [0.2, 0.25) is 0 Å². The molecule has 1 atom stereocenters. The average molecular weight is 381 g/mol. The summed E-state index contributed by atoms with van der Waals surface area (Å²) >= 11 is 0. The number of ether oxygens (including phenoxy) is 1. The van der Waals surface area contributed by atoms with Gasteiger partial charge in [-0.15, -0.1) is 0 Å². The molecule has 3 amide bonds. The van der Waals surface area contributed by atoms with E-state index < -0.39 is 12.1 Å². The topological polar surface area (TPSA) is 99.7 Å². The molecule has 1 aliphatic heterocycles. The van der Waals surface area contributed by atoms with Gasteiger partial charge < -0.3 is 25.8 Å². The van der Waals surface area contributed by atoms with Crippen molar-refractivity contribution in [2.75, 3.05) is 12.4 Å². The Morgan fingerprint density at radius 1 is 1.11 bits per heavy atom. The lowest BCUT2D eigenvalue weighted by Gasteiger charge is -2.29. The fourth-order valence-corrected chi connectivity index (χ4v) is 3.14. The monoisotopic (exact) mass is 381 g/mol. The summed E-state index contributed by atoms with van der Waals surface area (Å²) < 4.78 is 5.15. The largest absolute Gasteiger partial charge is 0.504 e. The van der Waals surface area contributed by atoms with Crippen LogP contribution in [0.1, 0.15) is 29.7 Å². The SMILES string of the molecule is COc1cc([C@@H]2NC(=O)NC(C)=C2C(=O)Nc2ccc(C)c(C)c2)ccc1O. The lowest BCUT2D eigenvalue weighted by molar-refractivity contribution is -0.113. The number of carbonyl (C=O) groups excluding carboxylic acids is 2. The molecule has 1 heterocycles. The number of phenolic OH excluding ortho intramolecular Hbond substituents is 1. The normalized spacial score (nSPS) is 16.3. The molecule has 0 aromatic heterocycles. The molecule has 0 unspecified atom stereocenters. The second kappa shape index (κ2) is 7.64. The zero-order valence-corrected chi connectivity index (χ0v) is 16.2. The third-order valence-electron chi connectivity index (χ3n) is 4.82. The number of rotatable bonds is 4. The molecule has 28 heavy (non-hydrogen) atoms. The van der Waals surface area contributed by atoms with Gasteiger partial charge in [0.1, 0.15) is 0 Å². The number of phenols is 1. The Labute approximate surface area is 163 Å². The highest BCUT2D eigenvalue weighted by atomic mass is 16.5. The highest BCUT2D eigenvalue weighted by Crippen LogP contribution is 2.33. The van der Waals surface area contributed by atoms with Crippen LogP contribution in [0.3, 0.4) is 0 Å². The van der Waals surface area contributed by atoms with Gasteiger partial charge in [0, 0.05) is 11.4 Å². The maximum atomic E-state index is 13.0. The smallest absolute Gasteiger partial charge is 0.319 e. The Kier molecular flexibility index (Phi) is 5.26. The van der Waals surface area contributed by atoms with Crippen LogP contribution >= 0.6 is 0 Å². The van der Waals surface area contributed by atoms with E-state index in [0.29, 0.717) is 22.5 Å². The number of nitrogens with one attached hydrogen (secondary N) is 3. The van der Waals surface area contributed by atoms with Gasteiger partial charge in [-0.05, 0) is 61.7 Å². The van der Waals surface area contributed by atoms with Crippen molar-refractivity contribution in [3.05, 3.63) is 64.4 Å². The number of allylic oxidation sites excluding steroid dienone is 1. The van der Waals surface area contributed by atoms with E-state index in [1.54, 1.807) is 19.1 Å². The van der Waals surface area contributed by atoms with E-state index in [-0.39, 0.29) is 17.4 Å². The van der Waals surface area contributed by atoms with Crippen LogP contribution in [0, 0.1) is 13.8 Å². The Balaban J connectivity index is 1.97. The first kappa shape index (κ1) is 19.3. The first-order valence-electron chi connectivity index (χ1n) is 8.84. The van der Waals surface area contributed by atoms with Crippen molar-refractivity contribution in [2.45, 2.75) is 26.8 Å². The second-order valence-electron chi connectivity index (χ2n) is 6.75. The molecule has 3 rings (SSSR count). The van der Waals surface area contributed by atoms with Crippen molar-refractivity contribution in [2.24, 2.45) is 0 Å². The number of anilines is 1. The molecule has 0 saturated heterocycles. The maximum Gasteiger partial charge on any atom is 0.319 e. The molecule has 0 spiro atoms. The molecular formula is C21H23N3O4. The van der Waals surface area contributed by atoms with Crippen molar-refractivity contribution in [3.8, 4) is 11.5 Å². The number of urea groups is 1. The minimum Gasteiger partial charge on any atom is -0.504 e. The number of aromatic hydroxyl groups is 1. The maximum absolute atomic E-state index is 13.0. The van der Waals surface area contributed by atoms with Crippen molar-refractivity contribution in [1.82, 2.24) is 10.6 Å². The van der Waals surface area contributed by atoms with Crippen molar-refractivity contribution in [1.29, 1.82) is 0 Å². The van der Waals surface area contributed by atoms with E-state index >= 15 is 0 Å². The van der Waals surface area contributed by atoms with Gasteiger partial charge in [0.05, 0.1) is 18.7 Å². The number of hydrogen-bond acceptors (Lipinski definition) is 4. The zero-order chi connectivity index (χ0) is 20.4. The fraction of sp³-hybridized carbons (Fsp3) is 0.238. The Morgan fingerprint density at radius 2 is 1.86 bits per heavy atom. The van der Waals surface area contributed by atoms with Crippen molar-refractivity contribution in [3.63, 3.8) is 0 Å². The molecule has 0 radical (unpaired) electrons. The fourth-order valence-electron chi connectivity index (χ4n) is 3.14. The molecule has 4 N–H and O–H groups in total. The molecule has 0 bridgehead atoms. The number of amides is 3. The summed E-state index contributed by atoms with van der Waals surface area (Å²) in [4.78, 5) is 25.1. The number of aryl methyl sites for hydroxylation is 2. The van der Waals surface area contributed by atoms with E-state index in [4.69, 9.17) is 4.74 Å². The Bertz CT molecular complexity index is 982. The first-order chi connectivity index (χ1) is 13.3. The Morgan fingerprint density at radius 3 is 2.54 bits per heavy atom. The van der Waals surface area contributed by atoms with Crippen molar-refractivity contribution >= 4 is 17.6 Å². The lowest BCUT2D eigenvalue weighted by atomic mass is 9.94. The van der Waals surface area contributed by atoms with E-state index in [2.05, 4.69) is 16.0 Å². The second-order valence-corrected chi connectivity index (χ2v) is 6.75. The summed E-state index contributed by atoms with van der Waals surface area (Å²) in [5.41, 5.74) is 4.33. The number of methoxy groups -OCH3 is 1. The van der Waals surface area contributed by atoms with Crippen molar-refractivity contribution < 1.29 is 19.4 Å². The standard InChI is InChI=1S/C21H23N3O4/c1-11-5-7-15(9-12(11)2)23-20(26)18-13(3)22-21(27)24-19(18)14-6-8-16(25)17(10-14)28-4/h5-10,19,25H,1-4H3,(H,23,26)(H2,22,24,27)/t19-/m0/s1. The molecule has 0 fully saturated rings. The van der Waals surface area contributed by atoms with Gasteiger partial charge in [0.15, 0.2) is 11.5 Å². The summed E-state index contributed by atoms with van der Waals surface area (Å²) in [7, 11) is 1.44.